The van der Waals surface area contributed by atoms with Crippen LogP contribution in [-0.4, -0.2) is 15.2 Å². The van der Waals surface area contributed by atoms with Crippen molar-refractivity contribution >= 4 is 17.2 Å². The predicted molar refractivity (Wildman–Crippen MR) is 43.8 cm³/mol. The van der Waals surface area contributed by atoms with Crippen molar-refractivity contribution in [2.75, 3.05) is 0 Å². The van der Waals surface area contributed by atoms with Crippen LogP contribution in [0.5, 0.6) is 0 Å². The normalized spacial score (nSPS) is 9.70. The molecule has 3 nitrogen and oxygen atoms in total. The van der Waals surface area contributed by atoms with Crippen LogP contribution in [0.2, 0.25) is 0 Å². The Bertz CT molecular complexity index is 241. The first-order chi connectivity index (χ1) is 4.68. The quantitative estimate of drug-likeness (QED) is 0.613. The molecule has 0 amide bonds. The highest BCUT2D eigenvalue weighted by Gasteiger charge is 1.97. The summed E-state index contributed by atoms with van der Waals surface area (Å²) < 4.78 is 0. The number of thiocarbonyl (C=S) groups is 1. The number of nitrogens with two attached hydrogens (primary N) is 1. The summed E-state index contributed by atoms with van der Waals surface area (Å²) in [7, 11) is 0. The summed E-state index contributed by atoms with van der Waals surface area (Å²) in [5.74, 6) is 0. The number of hydrogen-bond donors (Lipinski definition) is 2. The molecule has 0 spiro atoms. The van der Waals surface area contributed by atoms with Crippen molar-refractivity contribution in [1.29, 1.82) is 0 Å². The van der Waals surface area contributed by atoms with E-state index in [1.807, 2.05) is 13.0 Å². The number of H-pyrrole nitrogens is 1. The molecule has 0 saturated heterocycles. The summed E-state index contributed by atoms with van der Waals surface area (Å²) in [5, 5.41) is 6.77. The first-order valence-electron chi connectivity index (χ1n) is 2.97. The van der Waals surface area contributed by atoms with Crippen LogP contribution >= 0.6 is 12.2 Å². The zero-order chi connectivity index (χ0) is 7.56. The van der Waals surface area contributed by atoms with E-state index >= 15 is 0 Å². The van der Waals surface area contributed by atoms with Gasteiger partial charge in [-0.3, -0.25) is 5.10 Å². The van der Waals surface area contributed by atoms with Gasteiger partial charge in [-0.2, -0.15) is 5.10 Å². The molecule has 4 heteroatoms. The molecule has 0 unspecified atom stereocenters. The van der Waals surface area contributed by atoms with E-state index in [9.17, 15) is 0 Å². The third-order valence-corrected chi connectivity index (χ3v) is 1.26. The van der Waals surface area contributed by atoms with Crippen molar-refractivity contribution in [3.05, 3.63) is 17.5 Å². The van der Waals surface area contributed by atoms with E-state index in [1.54, 1.807) is 0 Å². The van der Waals surface area contributed by atoms with E-state index in [-0.39, 0.29) is 0 Å². The minimum absolute atomic E-state index is 0.478. The molecule has 1 aromatic heterocycles. The lowest BCUT2D eigenvalue weighted by Gasteiger charge is -1.88. The Kier molecular flexibility index (Phi) is 2.01. The lowest BCUT2D eigenvalue weighted by atomic mass is 10.3. The average Bonchev–Trinajstić information content (AvgIpc) is 2.13. The van der Waals surface area contributed by atoms with Crippen LogP contribution in [-0.2, 0) is 6.42 Å². The van der Waals surface area contributed by atoms with Crippen LogP contribution in [0.3, 0.4) is 0 Å². The Morgan fingerprint density at radius 2 is 2.60 bits per heavy atom. The zero-order valence-electron chi connectivity index (χ0n) is 5.72. The molecule has 0 aromatic carbocycles. The number of aromatic nitrogens is 2. The molecule has 0 atom stereocenters. The maximum Gasteiger partial charge on any atom is 0.0788 e. The largest absolute Gasteiger partial charge is 0.393 e. The average molecular weight is 155 g/mol. The number of hydrogen-bond acceptors (Lipinski definition) is 2. The van der Waals surface area contributed by atoms with E-state index in [2.05, 4.69) is 10.2 Å². The topological polar surface area (TPSA) is 54.7 Å². The third kappa shape index (κ3) is 1.80. The van der Waals surface area contributed by atoms with Gasteiger partial charge in [0.2, 0.25) is 0 Å². The lowest BCUT2D eigenvalue weighted by molar-refractivity contribution is 1.00. The van der Waals surface area contributed by atoms with Gasteiger partial charge in [-0.15, -0.1) is 0 Å². The van der Waals surface area contributed by atoms with Crippen molar-refractivity contribution < 1.29 is 0 Å². The monoisotopic (exact) mass is 155 g/mol. The predicted octanol–water partition coefficient (Wildman–Crippen LogP) is 0.547. The number of aromatic amines is 1. The highest BCUT2D eigenvalue weighted by Crippen LogP contribution is 1.97. The molecular formula is C6H9N3S. The van der Waals surface area contributed by atoms with Gasteiger partial charge in [0.05, 0.1) is 10.7 Å². The molecule has 3 N–H and O–H groups in total. The van der Waals surface area contributed by atoms with Crippen LogP contribution in [0.25, 0.3) is 0 Å². The fourth-order valence-electron chi connectivity index (χ4n) is 0.744. The van der Waals surface area contributed by atoms with Gasteiger partial charge in [-0.05, 0) is 13.0 Å². The Morgan fingerprint density at radius 1 is 1.90 bits per heavy atom. The summed E-state index contributed by atoms with van der Waals surface area (Å²) in [6.45, 7) is 1.94. The van der Waals surface area contributed by atoms with Crippen LogP contribution in [0, 0.1) is 6.92 Å². The van der Waals surface area contributed by atoms with Gasteiger partial charge in [0.15, 0.2) is 0 Å². The fourth-order valence-corrected chi connectivity index (χ4v) is 0.891. The van der Waals surface area contributed by atoms with Crippen LogP contribution in [0.4, 0.5) is 0 Å². The molecule has 0 bridgehead atoms. The van der Waals surface area contributed by atoms with Gasteiger partial charge < -0.3 is 5.73 Å². The highest BCUT2D eigenvalue weighted by atomic mass is 32.1. The molecule has 10 heavy (non-hydrogen) atoms. The zero-order valence-corrected chi connectivity index (χ0v) is 6.53. The van der Waals surface area contributed by atoms with Crippen LogP contribution < -0.4 is 5.73 Å². The molecule has 0 saturated carbocycles. The van der Waals surface area contributed by atoms with Gasteiger partial charge >= 0.3 is 0 Å². The number of nitrogens with zero attached hydrogens (tertiary/aromatic N) is 1. The number of rotatable bonds is 2. The van der Waals surface area contributed by atoms with Crippen molar-refractivity contribution in [2.45, 2.75) is 13.3 Å². The van der Waals surface area contributed by atoms with Gasteiger partial charge in [0.1, 0.15) is 0 Å². The van der Waals surface area contributed by atoms with E-state index in [1.165, 1.54) is 0 Å². The molecule has 1 rings (SSSR count). The van der Waals surface area contributed by atoms with Crippen LogP contribution in [0.15, 0.2) is 6.07 Å². The van der Waals surface area contributed by atoms with Gasteiger partial charge in [-0.1, -0.05) is 12.2 Å². The highest BCUT2D eigenvalue weighted by molar-refractivity contribution is 7.80. The molecular weight excluding hydrogens is 146 g/mol. The van der Waals surface area contributed by atoms with Gasteiger partial charge in [0.25, 0.3) is 0 Å². The molecule has 1 heterocycles. The standard InChI is InChI=1S/C6H9N3S/c1-4-2-5(9-8-4)3-6(7)10/h2H,3H2,1H3,(H2,7,10)(H,8,9). The molecule has 54 valence electrons. The maximum atomic E-state index is 5.31. The SMILES string of the molecule is Cc1cc(CC(N)=S)n[nH]1. The Labute approximate surface area is 64.6 Å². The van der Waals surface area contributed by atoms with Crippen molar-refractivity contribution in [3.8, 4) is 0 Å². The summed E-state index contributed by atoms with van der Waals surface area (Å²) in [6.07, 6.45) is 0.583. The molecule has 0 aliphatic rings. The smallest absolute Gasteiger partial charge is 0.0788 e. The first kappa shape index (κ1) is 7.21. The summed E-state index contributed by atoms with van der Waals surface area (Å²) in [5.41, 5.74) is 7.25. The summed E-state index contributed by atoms with van der Waals surface area (Å²) in [6, 6.07) is 1.93. The van der Waals surface area contributed by atoms with Gasteiger partial charge in [0, 0.05) is 12.1 Å². The number of nitrogens with one attached hydrogen (secondary N) is 1. The second-order valence-corrected chi connectivity index (χ2v) is 2.71. The van der Waals surface area contributed by atoms with Crippen molar-refractivity contribution in [3.63, 3.8) is 0 Å². The maximum absolute atomic E-state index is 5.31. The molecule has 0 radical (unpaired) electrons. The van der Waals surface area contributed by atoms with E-state index in [0.717, 1.165) is 11.4 Å². The minimum Gasteiger partial charge on any atom is -0.393 e. The Balaban J connectivity index is 2.67. The second-order valence-electron chi connectivity index (χ2n) is 2.19. The van der Waals surface area contributed by atoms with E-state index in [0.29, 0.717) is 11.4 Å². The fraction of sp³-hybridized carbons (Fsp3) is 0.333. The van der Waals surface area contributed by atoms with Crippen LogP contribution in [0.1, 0.15) is 11.4 Å². The molecule has 1 aromatic rings. The lowest BCUT2D eigenvalue weighted by Crippen LogP contribution is -2.11. The van der Waals surface area contributed by atoms with E-state index in [4.69, 9.17) is 18.0 Å². The second kappa shape index (κ2) is 2.79. The Hall–Kier alpha value is -0.900. The number of aryl methyl sites for hydroxylation is 1. The molecule has 0 aliphatic heterocycles. The Morgan fingerprint density at radius 3 is 3.00 bits per heavy atom. The third-order valence-electron chi connectivity index (χ3n) is 1.11. The summed E-state index contributed by atoms with van der Waals surface area (Å²) in [4.78, 5) is 0.478. The summed E-state index contributed by atoms with van der Waals surface area (Å²) >= 11 is 4.71. The molecule has 0 aliphatic carbocycles. The minimum atomic E-state index is 0.478. The van der Waals surface area contributed by atoms with Gasteiger partial charge in [-0.25, -0.2) is 0 Å². The molecule has 0 fully saturated rings. The van der Waals surface area contributed by atoms with Crippen molar-refractivity contribution in [2.24, 2.45) is 5.73 Å². The van der Waals surface area contributed by atoms with Crippen molar-refractivity contribution in [1.82, 2.24) is 10.2 Å². The first-order valence-corrected chi connectivity index (χ1v) is 3.38. The van der Waals surface area contributed by atoms with E-state index < -0.39 is 0 Å².